The van der Waals surface area contributed by atoms with E-state index in [4.69, 9.17) is 5.73 Å². The number of nitrogens with two attached hydrogens (primary N) is 1. The van der Waals surface area contributed by atoms with Crippen molar-refractivity contribution in [3.63, 3.8) is 0 Å². The minimum Gasteiger partial charge on any atom is -0.397 e. The first-order valence-electron chi connectivity index (χ1n) is 4.17. The Morgan fingerprint density at radius 3 is 3.00 bits per heavy atom. The van der Waals surface area contributed by atoms with Crippen LogP contribution in [0.15, 0.2) is 18.0 Å². The number of fused-ring (bicyclic) bond motifs is 1. The molecule has 62 valence electrons. The summed E-state index contributed by atoms with van der Waals surface area (Å²) >= 11 is 0. The Balaban J connectivity index is 2.59. The third-order valence-electron chi connectivity index (χ3n) is 2.28. The Morgan fingerprint density at radius 1 is 1.33 bits per heavy atom. The van der Waals surface area contributed by atoms with E-state index in [0.29, 0.717) is 0 Å². The lowest BCUT2D eigenvalue weighted by molar-refractivity contribution is 0.919. The molecule has 0 saturated carbocycles. The van der Waals surface area contributed by atoms with Crippen LogP contribution >= 0.6 is 0 Å². The quantitative estimate of drug-likeness (QED) is 0.630. The maximum atomic E-state index is 5.80. The number of aryl methyl sites for hydroxylation is 1. The second-order valence-electron chi connectivity index (χ2n) is 3.29. The van der Waals surface area contributed by atoms with Gasteiger partial charge in [-0.3, -0.25) is 4.98 Å². The molecule has 2 nitrogen and oxygen atoms in total. The van der Waals surface area contributed by atoms with Crippen molar-refractivity contribution in [2.75, 3.05) is 5.73 Å². The molecule has 12 heavy (non-hydrogen) atoms. The molecule has 0 radical (unpaired) electrons. The summed E-state index contributed by atoms with van der Waals surface area (Å²) in [6.45, 7) is 2.14. The van der Waals surface area contributed by atoms with Crippen molar-refractivity contribution >= 4 is 11.8 Å². The van der Waals surface area contributed by atoms with Gasteiger partial charge in [-0.05, 0) is 25.3 Å². The molecule has 2 N–H and O–H groups in total. The first-order chi connectivity index (χ1) is 5.77. The van der Waals surface area contributed by atoms with Crippen molar-refractivity contribution in [1.82, 2.24) is 4.98 Å². The monoisotopic (exact) mass is 160 g/mol. The number of aromatic nitrogens is 1. The van der Waals surface area contributed by atoms with Gasteiger partial charge in [0.15, 0.2) is 0 Å². The second kappa shape index (κ2) is 2.63. The van der Waals surface area contributed by atoms with Crippen LogP contribution in [-0.2, 0) is 6.42 Å². The molecule has 0 aromatic carbocycles. The fourth-order valence-corrected chi connectivity index (χ4v) is 1.56. The van der Waals surface area contributed by atoms with E-state index >= 15 is 0 Å². The van der Waals surface area contributed by atoms with Crippen molar-refractivity contribution in [1.29, 1.82) is 0 Å². The highest BCUT2D eigenvalue weighted by atomic mass is 14.7. The Labute approximate surface area is 72.1 Å². The van der Waals surface area contributed by atoms with Gasteiger partial charge in [0.05, 0.1) is 11.9 Å². The van der Waals surface area contributed by atoms with E-state index in [-0.39, 0.29) is 0 Å². The Bertz CT molecular complexity index is 340. The summed E-state index contributed by atoms with van der Waals surface area (Å²) in [5, 5.41) is 0. The fourth-order valence-electron chi connectivity index (χ4n) is 1.56. The fraction of sp³-hybridized carbons (Fsp3) is 0.300. The lowest BCUT2D eigenvalue weighted by Gasteiger charge is -2.14. The standard InChI is InChI=1S/C10H12N2/c1-7-2-3-8-5-12-6-10(11)9(8)4-7/h4-6H,2-3,11H2,1H3. The van der Waals surface area contributed by atoms with Gasteiger partial charge in [-0.1, -0.05) is 11.6 Å². The molecule has 1 aliphatic rings. The third kappa shape index (κ3) is 1.09. The minimum absolute atomic E-state index is 0.798. The number of pyridine rings is 1. The molecule has 1 heterocycles. The third-order valence-corrected chi connectivity index (χ3v) is 2.28. The molecule has 0 spiro atoms. The maximum Gasteiger partial charge on any atom is 0.0576 e. The topological polar surface area (TPSA) is 38.9 Å². The first-order valence-corrected chi connectivity index (χ1v) is 4.17. The van der Waals surface area contributed by atoms with Gasteiger partial charge in [0.25, 0.3) is 0 Å². The van der Waals surface area contributed by atoms with Gasteiger partial charge in [0, 0.05) is 11.8 Å². The van der Waals surface area contributed by atoms with Crippen LogP contribution in [0.4, 0.5) is 5.69 Å². The molecule has 0 bridgehead atoms. The zero-order valence-electron chi connectivity index (χ0n) is 7.17. The molecule has 2 rings (SSSR count). The van der Waals surface area contributed by atoms with Crippen molar-refractivity contribution in [3.05, 3.63) is 29.1 Å². The number of nitrogens with zero attached hydrogens (tertiary/aromatic N) is 1. The smallest absolute Gasteiger partial charge is 0.0576 e. The average molecular weight is 160 g/mol. The normalized spacial score (nSPS) is 15.2. The molecule has 1 aliphatic carbocycles. The first kappa shape index (κ1) is 7.35. The molecule has 2 heteroatoms. The molecule has 0 atom stereocenters. The number of anilines is 1. The number of nitrogen functional groups attached to an aromatic ring is 1. The summed E-state index contributed by atoms with van der Waals surface area (Å²) in [4.78, 5) is 4.07. The van der Waals surface area contributed by atoms with E-state index in [1.54, 1.807) is 6.20 Å². The molecule has 1 aromatic rings. The summed E-state index contributed by atoms with van der Waals surface area (Å²) < 4.78 is 0. The summed E-state index contributed by atoms with van der Waals surface area (Å²) in [5.41, 5.74) is 10.5. The van der Waals surface area contributed by atoms with E-state index in [9.17, 15) is 0 Å². The zero-order chi connectivity index (χ0) is 8.55. The van der Waals surface area contributed by atoms with Crippen LogP contribution in [0.25, 0.3) is 6.08 Å². The Kier molecular flexibility index (Phi) is 1.61. The van der Waals surface area contributed by atoms with E-state index < -0.39 is 0 Å². The van der Waals surface area contributed by atoms with Crippen LogP contribution in [0.2, 0.25) is 0 Å². The van der Waals surface area contributed by atoms with Crippen molar-refractivity contribution < 1.29 is 0 Å². The lowest BCUT2D eigenvalue weighted by atomic mass is 9.94. The van der Waals surface area contributed by atoms with Crippen LogP contribution in [-0.4, -0.2) is 4.98 Å². The lowest BCUT2D eigenvalue weighted by Crippen LogP contribution is -2.02. The molecule has 1 aromatic heterocycles. The molecule has 0 amide bonds. The molecule has 0 unspecified atom stereocenters. The Morgan fingerprint density at radius 2 is 2.17 bits per heavy atom. The van der Waals surface area contributed by atoms with Crippen LogP contribution in [0.3, 0.4) is 0 Å². The van der Waals surface area contributed by atoms with Gasteiger partial charge in [-0.25, -0.2) is 0 Å². The number of hydrogen-bond donors (Lipinski definition) is 1. The van der Waals surface area contributed by atoms with E-state index in [0.717, 1.165) is 18.5 Å². The largest absolute Gasteiger partial charge is 0.397 e. The van der Waals surface area contributed by atoms with Crippen LogP contribution in [0, 0.1) is 0 Å². The average Bonchev–Trinajstić information content (AvgIpc) is 2.07. The molecule has 0 saturated heterocycles. The van der Waals surface area contributed by atoms with Gasteiger partial charge in [0.1, 0.15) is 0 Å². The molecule has 0 aliphatic heterocycles. The summed E-state index contributed by atoms with van der Waals surface area (Å²) in [5.74, 6) is 0. The number of rotatable bonds is 0. The van der Waals surface area contributed by atoms with E-state index in [2.05, 4.69) is 18.0 Å². The van der Waals surface area contributed by atoms with Gasteiger partial charge in [-0.15, -0.1) is 0 Å². The number of allylic oxidation sites excluding steroid dienone is 1. The van der Waals surface area contributed by atoms with Gasteiger partial charge >= 0.3 is 0 Å². The SMILES string of the molecule is CC1=Cc2c(N)cncc2CC1. The highest BCUT2D eigenvalue weighted by Crippen LogP contribution is 2.26. The summed E-state index contributed by atoms with van der Waals surface area (Å²) in [6, 6.07) is 0. The summed E-state index contributed by atoms with van der Waals surface area (Å²) in [6.07, 6.45) is 8.01. The maximum absolute atomic E-state index is 5.80. The van der Waals surface area contributed by atoms with Crippen LogP contribution < -0.4 is 5.73 Å². The van der Waals surface area contributed by atoms with Gasteiger partial charge in [0.2, 0.25) is 0 Å². The Hall–Kier alpha value is -1.31. The predicted octanol–water partition coefficient (Wildman–Crippen LogP) is 2.01. The molecular weight excluding hydrogens is 148 g/mol. The van der Waals surface area contributed by atoms with E-state index in [1.165, 1.54) is 16.7 Å². The molecule has 0 fully saturated rings. The van der Waals surface area contributed by atoms with Crippen molar-refractivity contribution in [3.8, 4) is 0 Å². The van der Waals surface area contributed by atoms with Crippen LogP contribution in [0.5, 0.6) is 0 Å². The van der Waals surface area contributed by atoms with E-state index in [1.807, 2.05) is 6.20 Å². The second-order valence-corrected chi connectivity index (χ2v) is 3.29. The van der Waals surface area contributed by atoms with Crippen molar-refractivity contribution in [2.24, 2.45) is 0 Å². The zero-order valence-corrected chi connectivity index (χ0v) is 7.17. The molecular formula is C10H12N2. The van der Waals surface area contributed by atoms with Crippen molar-refractivity contribution in [2.45, 2.75) is 19.8 Å². The highest BCUT2D eigenvalue weighted by Gasteiger charge is 2.09. The van der Waals surface area contributed by atoms with Crippen LogP contribution in [0.1, 0.15) is 24.5 Å². The highest BCUT2D eigenvalue weighted by molar-refractivity contribution is 5.69. The number of hydrogen-bond acceptors (Lipinski definition) is 2. The van der Waals surface area contributed by atoms with Gasteiger partial charge in [-0.2, -0.15) is 0 Å². The summed E-state index contributed by atoms with van der Waals surface area (Å²) in [7, 11) is 0. The minimum atomic E-state index is 0.798. The predicted molar refractivity (Wildman–Crippen MR) is 50.6 cm³/mol. The van der Waals surface area contributed by atoms with Gasteiger partial charge < -0.3 is 5.73 Å².